The van der Waals surface area contributed by atoms with Crippen molar-refractivity contribution in [2.24, 2.45) is 0 Å². The largest absolute Gasteiger partial charge is 0.307 e. The number of hydrogen-bond acceptors (Lipinski definition) is 2. The molecule has 2 nitrogen and oxygen atoms in total. The third-order valence-corrected chi connectivity index (χ3v) is 1.80. The number of ketones is 1. The quantitative estimate of drug-likeness (QED) is 0.628. The minimum absolute atomic E-state index is 0. The molecule has 1 aliphatic rings. The Morgan fingerprint density at radius 3 is 2.50 bits per heavy atom. The van der Waals surface area contributed by atoms with Gasteiger partial charge in [-0.05, 0) is 26.3 Å². The van der Waals surface area contributed by atoms with Crippen molar-refractivity contribution in [1.82, 2.24) is 5.32 Å². The number of nitrogens with one attached hydrogen (secondary N) is 1. The molecular formula is C7H14ClNO. The summed E-state index contributed by atoms with van der Waals surface area (Å²) in [4.78, 5) is 10.7. The molecule has 0 aromatic heterocycles. The molecule has 1 unspecified atom stereocenters. The van der Waals surface area contributed by atoms with E-state index in [0.29, 0.717) is 0 Å². The first-order valence-corrected chi connectivity index (χ1v) is 3.54. The molecule has 1 N–H and O–H groups in total. The second-order valence-electron chi connectivity index (χ2n) is 2.61. The van der Waals surface area contributed by atoms with Gasteiger partial charge in [0.2, 0.25) is 0 Å². The van der Waals surface area contributed by atoms with Crippen molar-refractivity contribution in [1.29, 1.82) is 0 Å². The normalized spacial score (nSPS) is 25.1. The highest BCUT2D eigenvalue weighted by Crippen LogP contribution is 2.06. The van der Waals surface area contributed by atoms with Gasteiger partial charge < -0.3 is 5.32 Å². The zero-order valence-corrected chi connectivity index (χ0v) is 7.04. The molecule has 60 valence electrons. The maximum Gasteiger partial charge on any atom is 0.146 e. The van der Waals surface area contributed by atoms with Gasteiger partial charge in [0.25, 0.3) is 0 Å². The average molecular weight is 164 g/mol. The Labute approximate surface area is 67.8 Å². The van der Waals surface area contributed by atoms with Gasteiger partial charge >= 0.3 is 0 Å². The van der Waals surface area contributed by atoms with Crippen molar-refractivity contribution in [3.8, 4) is 0 Å². The van der Waals surface area contributed by atoms with E-state index in [1.807, 2.05) is 0 Å². The van der Waals surface area contributed by atoms with E-state index in [9.17, 15) is 4.79 Å². The lowest BCUT2D eigenvalue weighted by Crippen LogP contribution is -2.38. The Morgan fingerprint density at radius 2 is 2.20 bits per heavy atom. The smallest absolute Gasteiger partial charge is 0.146 e. The van der Waals surface area contributed by atoms with Gasteiger partial charge in [0.05, 0.1) is 6.04 Å². The van der Waals surface area contributed by atoms with Crippen molar-refractivity contribution in [2.75, 3.05) is 6.54 Å². The highest BCUT2D eigenvalue weighted by atomic mass is 35.5. The Hall–Kier alpha value is -0.0800. The Bertz CT molecular complexity index is 110. The van der Waals surface area contributed by atoms with Gasteiger partial charge in [-0.2, -0.15) is 0 Å². The highest BCUT2D eigenvalue weighted by Gasteiger charge is 2.15. The van der Waals surface area contributed by atoms with Crippen LogP contribution in [0.5, 0.6) is 0 Å². The van der Waals surface area contributed by atoms with Crippen LogP contribution >= 0.6 is 12.4 Å². The summed E-state index contributed by atoms with van der Waals surface area (Å²) >= 11 is 0. The van der Waals surface area contributed by atoms with Crippen molar-refractivity contribution < 1.29 is 4.79 Å². The first kappa shape index (κ1) is 9.92. The molecule has 1 saturated heterocycles. The summed E-state index contributed by atoms with van der Waals surface area (Å²) in [5.41, 5.74) is 0. The fourth-order valence-electron chi connectivity index (χ4n) is 1.20. The van der Waals surface area contributed by atoms with E-state index in [0.717, 1.165) is 13.0 Å². The maximum absolute atomic E-state index is 10.7. The molecule has 1 aliphatic heterocycles. The van der Waals surface area contributed by atoms with Gasteiger partial charge in [-0.1, -0.05) is 6.42 Å². The van der Waals surface area contributed by atoms with E-state index >= 15 is 0 Å². The fourth-order valence-corrected chi connectivity index (χ4v) is 1.20. The van der Waals surface area contributed by atoms with Crippen LogP contribution in [-0.2, 0) is 4.79 Å². The zero-order chi connectivity index (χ0) is 6.69. The molecule has 0 spiro atoms. The highest BCUT2D eigenvalue weighted by molar-refractivity contribution is 5.85. The molecule has 0 aromatic carbocycles. The number of rotatable bonds is 1. The third-order valence-electron chi connectivity index (χ3n) is 1.80. The minimum atomic E-state index is 0. The number of piperidine rings is 1. The Morgan fingerprint density at radius 1 is 1.50 bits per heavy atom. The average Bonchev–Trinajstić information content (AvgIpc) is 1.90. The summed E-state index contributed by atoms with van der Waals surface area (Å²) in [5, 5.41) is 3.17. The van der Waals surface area contributed by atoms with E-state index in [4.69, 9.17) is 0 Å². The number of carbonyl (C=O) groups excluding carboxylic acids is 1. The first-order valence-electron chi connectivity index (χ1n) is 3.54. The van der Waals surface area contributed by atoms with E-state index < -0.39 is 0 Å². The summed E-state index contributed by atoms with van der Waals surface area (Å²) in [5.74, 6) is 0.287. The molecule has 0 radical (unpaired) electrons. The number of halogens is 1. The van der Waals surface area contributed by atoms with Crippen LogP contribution in [0.3, 0.4) is 0 Å². The zero-order valence-electron chi connectivity index (χ0n) is 6.22. The van der Waals surface area contributed by atoms with Gasteiger partial charge in [0, 0.05) is 0 Å². The SMILES string of the molecule is CC(=O)C1CCCCN1.Cl. The van der Waals surface area contributed by atoms with Crippen molar-refractivity contribution in [2.45, 2.75) is 32.2 Å². The standard InChI is InChI=1S/C7H13NO.ClH/c1-6(9)7-4-2-3-5-8-7;/h7-8H,2-5H2,1H3;1H. The molecule has 0 aromatic rings. The molecular weight excluding hydrogens is 150 g/mol. The predicted octanol–water partition coefficient (Wildman–Crippen LogP) is 1.14. The second-order valence-corrected chi connectivity index (χ2v) is 2.61. The van der Waals surface area contributed by atoms with Crippen LogP contribution in [-0.4, -0.2) is 18.4 Å². The lowest BCUT2D eigenvalue weighted by atomic mass is 10.0. The summed E-state index contributed by atoms with van der Waals surface area (Å²) in [6.45, 7) is 2.67. The second kappa shape index (κ2) is 4.69. The van der Waals surface area contributed by atoms with E-state index in [1.165, 1.54) is 12.8 Å². The molecule has 0 bridgehead atoms. The monoisotopic (exact) mass is 163 g/mol. The van der Waals surface area contributed by atoms with Crippen LogP contribution in [0.2, 0.25) is 0 Å². The van der Waals surface area contributed by atoms with Crippen LogP contribution in [0.4, 0.5) is 0 Å². The summed E-state index contributed by atoms with van der Waals surface area (Å²) in [7, 11) is 0. The van der Waals surface area contributed by atoms with Gasteiger partial charge in [-0.25, -0.2) is 0 Å². The lowest BCUT2D eigenvalue weighted by molar-refractivity contribution is -0.119. The fraction of sp³-hybridized carbons (Fsp3) is 0.857. The Balaban J connectivity index is 0.000000810. The molecule has 1 heterocycles. The molecule has 1 rings (SSSR count). The van der Waals surface area contributed by atoms with Gasteiger partial charge in [0.1, 0.15) is 5.78 Å². The van der Waals surface area contributed by atoms with Crippen LogP contribution in [0, 0.1) is 0 Å². The molecule has 1 fully saturated rings. The molecule has 3 heteroatoms. The van der Waals surface area contributed by atoms with Crippen LogP contribution < -0.4 is 5.32 Å². The molecule has 0 aliphatic carbocycles. The van der Waals surface area contributed by atoms with E-state index in [-0.39, 0.29) is 24.2 Å². The number of hydrogen-bond donors (Lipinski definition) is 1. The van der Waals surface area contributed by atoms with Gasteiger partial charge in [-0.3, -0.25) is 4.79 Å². The van der Waals surface area contributed by atoms with E-state index in [1.54, 1.807) is 6.92 Å². The lowest BCUT2D eigenvalue weighted by Gasteiger charge is -2.20. The van der Waals surface area contributed by atoms with Gasteiger partial charge in [-0.15, -0.1) is 12.4 Å². The maximum atomic E-state index is 10.7. The molecule has 1 atom stereocenters. The summed E-state index contributed by atoms with van der Waals surface area (Å²) < 4.78 is 0. The summed E-state index contributed by atoms with van der Waals surface area (Å²) in [6.07, 6.45) is 3.47. The van der Waals surface area contributed by atoms with Crippen molar-refractivity contribution >= 4 is 18.2 Å². The van der Waals surface area contributed by atoms with Gasteiger partial charge in [0.15, 0.2) is 0 Å². The summed E-state index contributed by atoms with van der Waals surface area (Å²) in [6, 6.07) is 0.166. The molecule has 0 amide bonds. The minimum Gasteiger partial charge on any atom is -0.307 e. The predicted molar refractivity (Wildman–Crippen MR) is 43.6 cm³/mol. The number of Topliss-reactive ketones (excluding diaryl/α,β-unsaturated/α-hetero) is 1. The first-order chi connectivity index (χ1) is 4.30. The topological polar surface area (TPSA) is 29.1 Å². The van der Waals surface area contributed by atoms with Crippen LogP contribution in [0.15, 0.2) is 0 Å². The van der Waals surface area contributed by atoms with Crippen LogP contribution in [0.1, 0.15) is 26.2 Å². The molecule has 10 heavy (non-hydrogen) atoms. The number of carbonyl (C=O) groups is 1. The van der Waals surface area contributed by atoms with Crippen LogP contribution in [0.25, 0.3) is 0 Å². The third kappa shape index (κ3) is 2.67. The molecule has 0 saturated carbocycles. The van der Waals surface area contributed by atoms with Crippen molar-refractivity contribution in [3.63, 3.8) is 0 Å². The Kier molecular flexibility index (Phi) is 4.65. The van der Waals surface area contributed by atoms with Crippen molar-refractivity contribution in [3.05, 3.63) is 0 Å². The van der Waals surface area contributed by atoms with E-state index in [2.05, 4.69) is 5.32 Å².